The second-order valence-electron chi connectivity index (χ2n) is 4.25. The van der Waals surface area contributed by atoms with Gasteiger partial charge in [0.15, 0.2) is 0 Å². The van der Waals surface area contributed by atoms with Gasteiger partial charge in [-0.15, -0.1) is 0 Å². The first-order valence-corrected chi connectivity index (χ1v) is 6.56. The van der Waals surface area contributed by atoms with E-state index in [0.717, 1.165) is 11.1 Å². The zero-order valence-electron chi connectivity index (χ0n) is 11.1. The summed E-state index contributed by atoms with van der Waals surface area (Å²) in [5.74, 6) is 0.0814. The van der Waals surface area contributed by atoms with Gasteiger partial charge in [-0.05, 0) is 43.1 Å². The molecule has 5 heteroatoms. The third kappa shape index (κ3) is 3.98. The number of aromatic hydroxyl groups is 1. The molecule has 0 saturated heterocycles. The normalized spacial score (nSPS) is 11.7. The number of phenolic OH excluding ortho intramolecular Hbond substituents is 1. The Labute approximate surface area is 157 Å². The maximum Gasteiger partial charge on any atom is 1.00 e. The molecule has 0 aliphatic rings. The van der Waals surface area contributed by atoms with Crippen molar-refractivity contribution >= 4 is 11.1 Å². The maximum absolute atomic E-state index is 11.2. The van der Waals surface area contributed by atoms with Crippen molar-refractivity contribution in [2.45, 2.75) is 18.7 Å². The Balaban J connectivity index is 0.00000180. The molecule has 0 saturated carbocycles. The van der Waals surface area contributed by atoms with Crippen molar-refractivity contribution in [1.29, 1.82) is 0 Å². The monoisotopic (exact) mass is 300 g/mol. The summed E-state index contributed by atoms with van der Waals surface area (Å²) < 4.78 is 22.4. The molecular weight excluding hydrogens is 287 g/mol. The van der Waals surface area contributed by atoms with E-state index in [0.29, 0.717) is 11.1 Å². The topological polar surface area (TPSA) is 60.4 Å². The van der Waals surface area contributed by atoms with Crippen LogP contribution in [0.2, 0.25) is 0 Å². The third-order valence-corrected chi connectivity index (χ3v) is 3.47. The predicted molar refractivity (Wildman–Crippen MR) is 70.2 cm³/mol. The van der Waals surface area contributed by atoms with Crippen LogP contribution >= 0.6 is 0 Å². The molecule has 19 heavy (non-hydrogen) atoms. The summed E-state index contributed by atoms with van der Waals surface area (Å²) in [4.78, 5) is 0.196. The van der Waals surface area contributed by atoms with Crippen LogP contribution in [0.15, 0.2) is 41.3 Å². The SMILES string of the molecule is Cc1ccc(O)c(-c2cc(C)ccc2S(=O)[O-])c1.[K+]. The van der Waals surface area contributed by atoms with Crippen LogP contribution in [-0.4, -0.2) is 13.9 Å². The van der Waals surface area contributed by atoms with Gasteiger partial charge in [-0.3, -0.25) is 4.21 Å². The van der Waals surface area contributed by atoms with Gasteiger partial charge in [0.1, 0.15) is 5.75 Å². The molecule has 0 amide bonds. The van der Waals surface area contributed by atoms with Crippen molar-refractivity contribution in [3.8, 4) is 16.9 Å². The number of benzene rings is 2. The molecule has 0 aliphatic heterocycles. The molecule has 0 aliphatic carbocycles. The molecule has 0 fully saturated rings. The van der Waals surface area contributed by atoms with E-state index in [2.05, 4.69) is 0 Å². The molecule has 0 aromatic heterocycles. The van der Waals surface area contributed by atoms with Gasteiger partial charge < -0.3 is 9.66 Å². The summed E-state index contributed by atoms with van der Waals surface area (Å²) in [5, 5.41) is 9.88. The molecule has 0 bridgehead atoms. The Morgan fingerprint density at radius 2 is 1.53 bits per heavy atom. The fourth-order valence-electron chi connectivity index (χ4n) is 1.87. The first-order valence-electron chi connectivity index (χ1n) is 5.49. The Kier molecular flexibility index (Phi) is 6.39. The molecule has 94 valence electrons. The predicted octanol–water partition coefficient (Wildman–Crippen LogP) is -0.0820. The average molecular weight is 300 g/mol. The summed E-state index contributed by atoms with van der Waals surface area (Å²) in [7, 11) is 0. The molecule has 1 unspecified atom stereocenters. The molecule has 3 nitrogen and oxygen atoms in total. The van der Waals surface area contributed by atoms with Crippen LogP contribution in [0.4, 0.5) is 0 Å². The Morgan fingerprint density at radius 3 is 2.11 bits per heavy atom. The van der Waals surface area contributed by atoms with Crippen LogP contribution < -0.4 is 51.4 Å². The summed E-state index contributed by atoms with van der Waals surface area (Å²) in [6.45, 7) is 3.78. The Morgan fingerprint density at radius 1 is 1.00 bits per heavy atom. The Hall–Kier alpha value is -0.0136. The van der Waals surface area contributed by atoms with Gasteiger partial charge in [0.05, 0.1) is 0 Å². The van der Waals surface area contributed by atoms with Crippen LogP contribution in [0, 0.1) is 13.8 Å². The van der Waals surface area contributed by atoms with Gasteiger partial charge in [-0.25, -0.2) is 0 Å². The van der Waals surface area contributed by atoms with Gasteiger partial charge >= 0.3 is 51.4 Å². The smallest absolute Gasteiger partial charge is 0.768 e. The quantitative estimate of drug-likeness (QED) is 0.623. The number of aryl methyl sites for hydroxylation is 2. The van der Waals surface area contributed by atoms with Crippen LogP contribution in [0.5, 0.6) is 5.75 Å². The molecule has 1 N–H and O–H groups in total. The summed E-state index contributed by atoms with van der Waals surface area (Å²) in [5.41, 5.74) is 2.98. The molecule has 0 radical (unpaired) electrons. The van der Waals surface area contributed by atoms with Crippen molar-refractivity contribution in [2.75, 3.05) is 0 Å². The minimum absolute atomic E-state index is 0. The van der Waals surface area contributed by atoms with Crippen molar-refractivity contribution in [1.82, 2.24) is 0 Å². The van der Waals surface area contributed by atoms with Crippen LogP contribution in [0.25, 0.3) is 11.1 Å². The molecule has 2 aromatic carbocycles. The molecule has 0 heterocycles. The van der Waals surface area contributed by atoms with E-state index in [-0.39, 0.29) is 62.0 Å². The van der Waals surface area contributed by atoms with E-state index in [1.54, 1.807) is 36.4 Å². The van der Waals surface area contributed by atoms with Crippen molar-refractivity contribution < 1.29 is 65.3 Å². The standard InChI is InChI=1S/C14H14O3S.K/c1-9-3-5-13(15)11(7-9)12-8-10(2)4-6-14(12)18(16)17;/h3-8,15H,1-2H3,(H,16,17);/q;+1/p-1. The van der Waals surface area contributed by atoms with Gasteiger partial charge in [0.25, 0.3) is 0 Å². The molecule has 1 atom stereocenters. The van der Waals surface area contributed by atoms with E-state index in [1.165, 1.54) is 0 Å². The third-order valence-electron chi connectivity index (χ3n) is 2.76. The minimum Gasteiger partial charge on any atom is -0.768 e. The van der Waals surface area contributed by atoms with E-state index in [1.807, 2.05) is 13.8 Å². The van der Waals surface area contributed by atoms with Crippen molar-refractivity contribution in [3.63, 3.8) is 0 Å². The number of rotatable bonds is 2. The van der Waals surface area contributed by atoms with Crippen LogP contribution in [0.3, 0.4) is 0 Å². The molecule has 0 spiro atoms. The molecule has 2 aromatic rings. The number of hydrogen-bond donors (Lipinski definition) is 1. The fraction of sp³-hybridized carbons (Fsp3) is 0.143. The van der Waals surface area contributed by atoms with E-state index in [9.17, 15) is 13.9 Å². The van der Waals surface area contributed by atoms with Crippen molar-refractivity contribution in [3.05, 3.63) is 47.5 Å². The first kappa shape index (κ1) is 17.0. The molecular formula is C14H13KO3S. The number of hydrogen-bond acceptors (Lipinski definition) is 3. The minimum atomic E-state index is -2.33. The first-order chi connectivity index (χ1) is 8.49. The zero-order valence-corrected chi connectivity index (χ0v) is 15.1. The second kappa shape index (κ2) is 7.13. The fourth-order valence-corrected chi connectivity index (χ4v) is 2.39. The van der Waals surface area contributed by atoms with Crippen LogP contribution in [0.1, 0.15) is 11.1 Å². The van der Waals surface area contributed by atoms with Gasteiger partial charge in [-0.1, -0.05) is 29.3 Å². The summed E-state index contributed by atoms with van der Waals surface area (Å²) in [6.07, 6.45) is 0. The van der Waals surface area contributed by atoms with Gasteiger partial charge in [0.2, 0.25) is 0 Å². The number of phenols is 1. The van der Waals surface area contributed by atoms with E-state index < -0.39 is 11.1 Å². The van der Waals surface area contributed by atoms with Gasteiger partial charge in [-0.2, -0.15) is 0 Å². The van der Waals surface area contributed by atoms with E-state index >= 15 is 0 Å². The summed E-state index contributed by atoms with van der Waals surface area (Å²) in [6, 6.07) is 10.2. The molecule has 2 rings (SSSR count). The van der Waals surface area contributed by atoms with E-state index in [4.69, 9.17) is 0 Å². The summed E-state index contributed by atoms with van der Waals surface area (Å²) >= 11 is -2.33. The zero-order chi connectivity index (χ0) is 13.3. The largest absolute Gasteiger partial charge is 1.00 e. The Bertz CT molecular complexity index is 626. The average Bonchev–Trinajstić information content (AvgIpc) is 2.31. The second-order valence-corrected chi connectivity index (χ2v) is 5.16. The van der Waals surface area contributed by atoms with Gasteiger partial charge in [0, 0.05) is 16.0 Å². The van der Waals surface area contributed by atoms with Crippen LogP contribution in [-0.2, 0) is 11.1 Å². The van der Waals surface area contributed by atoms with Crippen molar-refractivity contribution in [2.24, 2.45) is 0 Å². The maximum atomic E-state index is 11.2.